The van der Waals surface area contributed by atoms with Crippen LogP contribution in [0.4, 0.5) is 0 Å². The van der Waals surface area contributed by atoms with Gasteiger partial charge in [-0.15, -0.1) is 0 Å². The van der Waals surface area contributed by atoms with Gasteiger partial charge in [-0.2, -0.15) is 0 Å². The molecule has 0 aromatic heterocycles. The largest absolute Gasteiger partial charge is 0.379 e. The first kappa shape index (κ1) is 17.0. The fraction of sp³-hybridized carbons (Fsp3) is 0.867. The maximum atomic E-state index is 12.5. The van der Waals surface area contributed by atoms with Crippen LogP contribution in [0, 0.1) is 11.8 Å². The zero-order valence-corrected chi connectivity index (χ0v) is 13.3. The molecule has 0 radical (unpaired) electrons. The molecule has 0 aromatic rings. The zero-order chi connectivity index (χ0) is 15.3. The van der Waals surface area contributed by atoms with E-state index in [4.69, 9.17) is 4.74 Å². The molecule has 1 fully saturated rings. The van der Waals surface area contributed by atoms with E-state index in [1.807, 2.05) is 13.8 Å². The highest BCUT2D eigenvalue weighted by Gasteiger charge is 2.39. The number of carbonyl (C=O) groups is 2. The van der Waals surface area contributed by atoms with Crippen LogP contribution in [-0.4, -0.2) is 48.6 Å². The quantitative estimate of drug-likeness (QED) is 0.719. The van der Waals surface area contributed by atoms with E-state index in [-0.39, 0.29) is 17.7 Å². The molecule has 5 heteroatoms. The summed E-state index contributed by atoms with van der Waals surface area (Å²) in [5, 5.41) is 2.83. The summed E-state index contributed by atoms with van der Waals surface area (Å²) in [5.74, 6) is 0.567. The third kappa shape index (κ3) is 4.20. The van der Waals surface area contributed by atoms with Gasteiger partial charge >= 0.3 is 0 Å². The molecule has 1 rings (SSSR count). The molecule has 5 nitrogen and oxygen atoms in total. The van der Waals surface area contributed by atoms with Crippen LogP contribution in [0.3, 0.4) is 0 Å². The Labute approximate surface area is 122 Å². The lowest BCUT2D eigenvalue weighted by atomic mass is 9.94. The summed E-state index contributed by atoms with van der Waals surface area (Å²) in [6.07, 6.45) is 0.864. The highest BCUT2D eigenvalue weighted by molar-refractivity contribution is 5.96. The van der Waals surface area contributed by atoms with Crippen LogP contribution in [0.5, 0.6) is 0 Å². The van der Waals surface area contributed by atoms with Gasteiger partial charge in [0.05, 0.1) is 6.61 Å². The number of hydrogen-bond donors (Lipinski definition) is 1. The molecule has 0 aliphatic carbocycles. The fourth-order valence-electron chi connectivity index (χ4n) is 2.25. The first-order chi connectivity index (χ1) is 9.38. The minimum atomic E-state index is -0.412. The summed E-state index contributed by atoms with van der Waals surface area (Å²) in [7, 11) is 0. The van der Waals surface area contributed by atoms with Crippen LogP contribution in [0.2, 0.25) is 0 Å². The molecule has 20 heavy (non-hydrogen) atoms. The highest BCUT2D eigenvalue weighted by Crippen LogP contribution is 2.17. The molecule has 3 atom stereocenters. The Hall–Kier alpha value is -1.10. The van der Waals surface area contributed by atoms with Crippen molar-refractivity contribution in [1.82, 2.24) is 10.2 Å². The standard InChI is InChI=1S/C15H28N2O3/c1-6-11(4)13-15(19)17(12(5)14(18)16-13)7-8-20-9-10(2)3/h10-13H,6-9H2,1-5H3,(H,16,18). The van der Waals surface area contributed by atoms with Gasteiger partial charge in [0, 0.05) is 13.2 Å². The third-order valence-corrected chi connectivity index (χ3v) is 3.83. The Balaban J connectivity index is 2.61. The molecule has 2 amide bonds. The summed E-state index contributed by atoms with van der Waals surface area (Å²) in [4.78, 5) is 26.1. The predicted molar refractivity (Wildman–Crippen MR) is 78.2 cm³/mol. The van der Waals surface area contributed by atoms with Crippen molar-refractivity contribution in [1.29, 1.82) is 0 Å². The predicted octanol–water partition coefficient (Wildman–Crippen LogP) is 1.42. The van der Waals surface area contributed by atoms with Gasteiger partial charge in [-0.25, -0.2) is 0 Å². The second-order valence-electron chi connectivity index (χ2n) is 6.05. The average Bonchev–Trinajstić information content (AvgIpc) is 2.40. The molecule has 0 saturated carbocycles. The van der Waals surface area contributed by atoms with Crippen LogP contribution in [0.15, 0.2) is 0 Å². The third-order valence-electron chi connectivity index (χ3n) is 3.83. The smallest absolute Gasteiger partial charge is 0.246 e. The van der Waals surface area contributed by atoms with Crippen molar-refractivity contribution in [3.8, 4) is 0 Å². The molecule has 0 aromatic carbocycles. The summed E-state index contributed by atoms with van der Waals surface area (Å²) >= 11 is 0. The van der Waals surface area contributed by atoms with Gasteiger partial charge in [0.25, 0.3) is 0 Å². The van der Waals surface area contributed by atoms with Gasteiger partial charge in [0.2, 0.25) is 11.8 Å². The van der Waals surface area contributed by atoms with Gasteiger partial charge < -0.3 is 15.0 Å². The van der Waals surface area contributed by atoms with Crippen molar-refractivity contribution in [2.45, 2.75) is 53.1 Å². The molecule has 1 aliphatic heterocycles. The summed E-state index contributed by atoms with van der Waals surface area (Å²) < 4.78 is 5.53. The number of rotatable bonds is 7. The molecule has 1 N–H and O–H groups in total. The fourth-order valence-corrected chi connectivity index (χ4v) is 2.25. The van der Waals surface area contributed by atoms with Gasteiger partial charge in [-0.05, 0) is 18.8 Å². The van der Waals surface area contributed by atoms with E-state index >= 15 is 0 Å². The maximum absolute atomic E-state index is 12.5. The minimum Gasteiger partial charge on any atom is -0.379 e. The van der Waals surface area contributed by atoms with Gasteiger partial charge in [0.1, 0.15) is 12.1 Å². The number of nitrogens with zero attached hydrogens (tertiary/aromatic N) is 1. The van der Waals surface area contributed by atoms with E-state index in [1.54, 1.807) is 11.8 Å². The summed E-state index contributed by atoms with van der Waals surface area (Å²) in [6, 6.07) is -0.806. The Morgan fingerprint density at radius 3 is 2.50 bits per heavy atom. The lowest BCUT2D eigenvalue weighted by Crippen LogP contribution is -2.64. The van der Waals surface area contributed by atoms with Crippen molar-refractivity contribution < 1.29 is 14.3 Å². The van der Waals surface area contributed by atoms with Crippen LogP contribution < -0.4 is 5.32 Å². The molecular formula is C15H28N2O3. The van der Waals surface area contributed by atoms with Crippen LogP contribution in [-0.2, 0) is 14.3 Å². The van der Waals surface area contributed by atoms with Crippen molar-refractivity contribution in [3.05, 3.63) is 0 Å². The molecular weight excluding hydrogens is 256 g/mol. The van der Waals surface area contributed by atoms with Gasteiger partial charge in [-0.3, -0.25) is 9.59 Å². The first-order valence-electron chi connectivity index (χ1n) is 7.57. The normalized spacial score (nSPS) is 25.0. The zero-order valence-electron chi connectivity index (χ0n) is 13.3. The van der Waals surface area contributed by atoms with Crippen molar-refractivity contribution in [2.75, 3.05) is 19.8 Å². The topological polar surface area (TPSA) is 58.6 Å². The highest BCUT2D eigenvalue weighted by atomic mass is 16.5. The monoisotopic (exact) mass is 284 g/mol. The van der Waals surface area contributed by atoms with E-state index in [2.05, 4.69) is 19.2 Å². The number of carbonyl (C=O) groups excluding carboxylic acids is 2. The number of ether oxygens (including phenoxy) is 1. The maximum Gasteiger partial charge on any atom is 0.246 e. The van der Waals surface area contributed by atoms with Crippen LogP contribution in [0.25, 0.3) is 0 Å². The van der Waals surface area contributed by atoms with Crippen molar-refractivity contribution >= 4 is 11.8 Å². The number of nitrogens with one attached hydrogen (secondary N) is 1. The molecule has 3 unspecified atom stereocenters. The Morgan fingerprint density at radius 1 is 1.30 bits per heavy atom. The van der Waals surface area contributed by atoms with E-state index in [1.165, 1.54) is 0 Å². The molecule has 116 valence electrons. The number of hydrogen-bond acceptors (Lipinski definition) is 3. The van der Waals surface area contributed by atoms with E-state index in [0.717, 1.165) is 6.42 Å². The van der Waals surface area contributed by atoms with Gasteiger partial charge in [-0.1, -0.05) is 34.1 Å². The number of piperazine rings is 1. The number of amides is 2. The first-order valence-corrected chi connectivity index (χ1v) is 7.57. The van der Waals surface area contributed by atoms with E-state index < -0.39 is 12.1 Å². The minimum absolute atomic E-state index is 0.0135. The Kier molecular flexibility index (Phi) is 6.46. The lowest BCUT2D eigenvalue weighted by Gasteiger charge is -2.39. The van der Waals surface area contributed by atoms with E-state index in [0.29, 0.717) is 25.7 Å². The van der Waals surface area contributed by atoms with Gasteiger partial charge in [0.15, 0.2) is 0 Å². The van der Waals surface area contributed by atoms with E-state index in [9.17, 15) is 9.59 Å². The molecule has 1 heterocycles. The Bertz CT molecular complexity index is 344. The summed E-state index contributed by atoms with van der Waals surface area (Å²) in [5.41, 5.74) is 0. The summed E-state index contributed by atoms with van der Waals surface area (Å²) in [6.45, 7) is 11.6. The van der Waals surface area contributed by atoms with Crippen LogP contribution in [0.1, 0.15) is 41.0 Å². The second-order valence-corrected chi connectivity index (χ2v) is 6.05. The molecule has 1 saturated heterocycles. The van der Waals surface area contributed by atoms with Crippen molar-refractivity contribution in [3.63, 3.8) is 0 Å². The van der Waals surface area contributed by atoms with Crippen molar-refractivity contribution in [2.24, 2.45) is 11.8 Å². The Morgan fingerprint density at radius 2 is 1.95 bits per heavy atom. The SMILES string of the molecule is CCC(C)C1NC(=O)C(C)N(CCOCC(C)C)C1=O. The molecule has 1 aliphatic rings. The lowest BCUT2D eigenvalue weighted by molar-refractivity contribution is -0.151. The van der Waals surface area contributed by atoms with Crippen LogP contribution >= 0.6 is 0 Å². The second kappa shape index (κ2) is 7.62. The molecule has 0 spiro atoms. The average molecular weight is 284 g/mol. The molecule has 0 bridgehead atoms.